The molecule has 6 atom stereocenters. The summed E-state index contributed by atoms with van der Waals surface area (Å²) in [5, 5.41) is 38.3. The van der Waals surface area contributed by atoms with Crippen LogP contribution in [-0.4, -0.2) is 46.2 Å². The number of amides is 1. The highest BCUT2D eigenvalue weighted by atomic mass is 16.6. The van der Waals surface area contributed by atoms with Gasteiger partial charge < -0.3 is 26.0 Å². The van der Waals surface area contributed by atoms with E-state index in [0.29, 0.717) is 25.7 Å². The molecule has 0 unspecified atom stereocenters. The predicted octanol–water partition coefficient (Wildman–Crippen LogP) is 1.42. The van der Waals surface area contributed by atoms with Crippen LogP contribution in [0.1, 0.15) is 53.9 Å². The molecule has 8 nitrogen and oxygen atoms in total. The van der Waals surface area contributed by atoms with Crippen LogP contribution in [-0.2, 0) is 4.74 Å². The first-order valence-electron chi connectivity index (χ1n) is 8.46. The van der Waals surface area contributed by atoms with E-state index in [9.17, 15) is 9.90 Å². The predicted molar refractivity (Wildman–Crippen MR) is 96.6 cm³/mol. The molecule has 2 aliphatic rings. The molecule has 2 rings (SSSR count). The highest BCUT2D eigenvalue weighted by molar-refractivity contribution is 5.68. The van der Waals surface area contributed by atoms with Crippen LogP contribution in [0.25, 0.3) is 0 Å². The van der Waals surface area contributed by atoms with Crippen LogP contribution in [0.2, 0.25) is 0 Å². The van der Waals surface area contributed by atoms with E-state index in [4.69, 9.17) is 26.1 Å². The lowest BCUT2D eigenvalue weighted by Crippen LogP contribution is -2.42. The number of nitrogens with zero attached hydrogens (tertiary/aromatic N) is 2. The third-order valence-corrected chi connectivity index (χ3v) is 4.17. The average Bonchev–Trinajstić information content (AvgIpc) is 3.01. The molecule has 2 saturated carbocycles. The summed E-state index contributed by atoms with van der Waals surface area (Å²) in [4.78, 5) is 11.4. The summed E-state index contributed by atoms with van der Waals surface area (Å²) < 4.78 is 5.07. The Morgan fingerprint density at radius 2 is 1.58 bits per heavy atom. The summed E-state index contributed by atoms with van der Waals surface area (Å²) in [6.07, 6.45) is 0.449. The van der Waals surface area contributed by atoms with E-state index in [2.05, 4.69) is 17.5 Å². The Balaban J connectivity index is 0.000000532. The molecule has 0 heterocycles. The van der Waals surface area contributed by atoms with E-state index in [1.54, 1.807) is 20.8 Å². The third-order valence-electron chi connectivity index (χ3n) is 4.17. The second kappa shape index (κ2) is 10.3. The Kier molecular flexibility index (Phi) is 9.58. The van der Waals surface area contributed by atoms with Crippen molar-refractivity contribution in [2.75, 3.05) is 0 Å². The van der Waals surface area contributed by atoms with Crippen molar-refractivity contribution in [3.05, 3.63) is 0 Å². The Hall–Kier alpha value is -1.87. The summed E-state index contributed by atoms with van der Waals surface area (Å²) in [6, 6.07) is 3.63. The van der Waals surface area contributed by atoms with Gasteiger partial charge in [0.2, 0.25) is 0 Å². The van der Waals surface area contributed by atoms with Gasteiger partial charge in [-0.2, -0.15) is 10.5 Å². The fourth-order valence-electron chi connectivity index (χ4n) is 2.89. The van der Waals surface area contributed by atoms with Gasteiger partial charge in [-0.15, -0.1) is 0 Å². The Morgan fingerprint density at radius 1 is 1.08 bits per heavy atom. The number of rotatable bonds is 1. The van der Waals surface area contributed by atoms with Crippen LogP contribution >= 0.6 is 0 Å². The lowest BCUT2D eigenvalue weighted by molar-refractivity contribution is 0.0450. The van der Waals surface area contributed by atoms with E-state index >= 15 is 0 Å². The van der Waals surface area contributed by atoms with Gasteiger partial charge in [0.15, 0.2) is 0 Å². The topological polar surface area (TPSA) is 152 Å². The largest absolute Gasteiger partial charge is 0.444 e. The highest BCUT2D eigenvalue weighted by Crippen LogP contribution is 2.25. The van der Waals surface area contributed by atoms with E-state index in [1.165, 1.54) is 0 Å². The number of carbonyl (C=O) groups is 1. The van der Waals surface area contributed by atoms with Gasteiger partial charge in [0.25, 0.3) is 0 Å². The number of hydrogen-bond donors (Lipinski definition) is 4. The minimum atomic E-state index is -0.655. The maximum atomic E-state index is 11.4. The summed E-state index contributed by atoms with van der Waals surface area (Å²) in [5.74, 6) is -0.204. The minimum absolute atomic E-state index is 0. The van der Waals surface area contributed by atoms with Crippen molar-refractivity contribution >= 4 is 6.09 Å². The molecule has 0 aliphatic heterocycles. The Labute approximate surface area is 155 Å². The summed E-state index contributed by atoms with van der Waals surface area (Å²) >= 11 is 0. The first kappa shape index (κ1) is 24.1. The standard InChI is InChI=1S/C11H18N2O3.C6H10N2O.CH4/c1-11(2,3)16-10(15)13-8-4-7(6-12)5-9(8)14;7-3-4-1-5(8)6(9)2-4;/h7-9,14H,4-5H2,1-3H3,(H,13,15);4-6,9H,1-2,8H2;1H4/t7-,8-,9-;4-,5-,6-;/m11./s1. The molecule has 0 spiro atoms. The van der Waals surface area contributed by atoms with Crippen molar-refractivity contribution in [1.82, 2.24) is 5.32 Å². The first-order valence-corrected chi connectivity index (χ1v) is 8.46. The molecular weight excluding hydrogens is 336 g/mol. The molecule has 8 heteroatoms. The number of alkyl carbamates (subject to hydrolysis) is 1. The molecule has 2 fully saturated rings. The molecule has 0 aromatic rings. The van der Waals surface area contributed by atoms with Crippen molar-refractivity contribution in [3.63, 3.8) is 0 Å². The Morgan fingerprint density at radius 3 is 1.92 bits per heavy atom. The molecule has 0 aromatic heterocycles. The van der Waals surface area contributed by atoms with Gasteiger partial charge in [-0.05, 0) is 46.5 Å². The number of carbonyl (C=O) groups excluding carboxylic acids is 1. The molecule has 26 heavy (non-hydrogen) atoms. The maximum absolute atomic E-state index is 11.4. The van der Waals surface area contributed by atoms with Crippen molar-refractivity contribution in [1.29, 1.82) is 10.5 Å². The zero-order chi connectivity index (χ0) is 19.2. The van der Waals surface area contributed by atoms with Gasteiger partial charge in [-0.3, -0.25) is 0 Å². The number of hydrogen-bond acceptors (Lipinski definition) is 7. The normalized spacial score (nSPS) is 32.9. The second-order valence-corrected chi connectivity index (χ2v) is 7.65. The SMILES string of the molecule is C.CC(C)(C)OC(=O)N[C@@H]1C[C@@H](C#N)C[C@H]1O.N#C[C@@H]1C[C@@H](N)[C@H](O)C1. The van der Waals surface area contributed by atoms with Crippen molar-refractivity contribution in [3.8, 4) is 12.1 Å². The second-order valence-electron chi connectivity index (χ2n) is 7.65. The monoisotopic (exact) mass is 368 g/mol. The van der Waals surface area contributed by atoms with Gasteiger partial charge in [-0.25, -0.2) is 4.79 Å². The Bertz CT molecular complexity index is 525. The van der Waals surface area contributed by atoms with E-state index in [0.717, 1.165) is 0 Å². The van der Waals surface area contributed by atoms with Gasteiger partial charge in [0.1, 0.15) is 5.60 Å². The first-order chi connectivity index (χ1) is 11.6. The van der Waals surface area contributed by atoms with Crippen LogP contribution in [0, 0.1) is 34.5 Å². The van der Waals surface area contributed by atoms with Crippen molar-refractivity contribution < 1.29 is 19.7 Å². The van der Waals surface area contributed by atoms with Gasteiger partial charge in [0.05, 0.1) is 42.2 Å². The summed E-state index contributed by atoms with van der Waals surface area (Å²) in [6.45, 7) is 5.32. The fraction of sp³-hybridized carbons (Fsp3) is 0.833. The van der Waals surface area contributed by atoms with Crippen LogP contribution in [0.4, 0.5) is 4.79 Å². The lowest BCUT2D eigenvalue weighted by atomic mass is 10.1. The molecule has 0 saturated heterocycles. The molecule has 0 radical (unpaired) electrons. The van der Waals surface area contributed by atoms with E-state index in [-0.39, 0.29) is 31.3 Å². The number of aliphatic hydroxyl groups is 2. The number of nitriles is 2. The third kappa shape index (κ3) is 8.01. The van der Waals surface area contributed by atoms with Gasteiger partial charge in [0, 0.05) is 6.04 Å². The van der Waals surface area contributed by atoms with Crippen molar-refractivity contribution in [2.45, 2.75) is 83.8 Å². The number of aliphatic hydroxyl groups excluding tert-OH is 2. The summed E-state index contributed by atoms with van der Waals surface area (Å²) in [7, 11) is 0. The van der Waals surface area contributed by atoms with Gasteiger partial charge in [-0.1, -0.05) is 7.43 Å². The molecule has 0 aromatic carbocycles. The zero-order valence-electron chi connectivity index (χ0n) is 15.0. The molecule has 148 valence electrons. The van der Waals surface area contributed by atoms with Gasteiger partial charge >= 0.3 is 6.09 Å². The molecule has 5 N–H and O–H groups in total. The minimum Gasteiger partial charge on any atom is -0.444 e. The van der Waals surface area contributed by atoms with E-state index in [1.807, 2.05) is 0 Å². The number of nitrogens with one attached hydrogen (secondary N) is 1. The molecule has 2 aliphatic carbocycles. The van der Waals surface area contributed by atoms with Crippen LogP contribution < -0.4 is 11.1 Å². The van der Waals surface area contributed by atoms with E-state index < -0.39 is 23.9 Å². The quantitative estimate of drug-likeness (QED) is 0.546. The molecular formula is C18H32N4O4. The molecule has 0 bridgehead atoms. The highest BCUT2D eigenvalue weighted by Gasteiger charge is 2.35. The smallest absolute Gasteiger partial charge is 0.407 e. The van der Waals surface area contributed by atoms with Crippen LogP contribution in [0.15, 0.2) is 0 Å². The van der Waals surface area contributed by atoms with Crippen molar-refractivity contribution in [2.24, 2.45) is 17.6 Å². The lowest BCUT2D eigenvalue weighted by Gasteiger charge is -2.22. The maximum Gasteiger partial charge on any atom is 0.407 e. The summed E-state index contributed by atoms with van der Waals surface area (Å²) in [5.41, 5.74) is 4.89. The molecule has 1 amide bonds. The fourth-order valence-corrected chi connectivity index (χ4v) is 2.89. The van der Waals surface area contributed by atoms with Crippen LogP contribution in [0.3, 0.4) is 0 Å². The zero-order valence-corrected chi connectivity index (χ0v) is 15.0. The van der Waals surface area contributed by atoms with Crippen LogP contribution in [0.5, 0.6) is 0 Å². The number of ether oxygens (including phenoxy) is 1. The average molecular weight is 368 g/mol. The number of nitrogens with two attached hydrogens (primary N) is 1.